The Morgan fingerprint density at radius 2 is 0.547 bits per heavy atom. The van der Waals surface area contributed by atoms with Crippen LogP contribution in [0, 0.1) is 44.8 Å². The van der Waals surface area contributed by atoms with Crippen molar-refractivity contribution < 1.29 is 273 Å². The van der Waals surface area contributed by atoms with E-state index in [1.54, 1.807) is 6.92 Å². The summed E-state index contributed by atoms with van der Waals surface area (Å²) in [4.78, 5) is 131. The minimum Gasteiger partial charge on any atom is -0.462 e. The largest absolute Gasteiger partial charge is 0.462 e. The number of hydrogen-bond acceptors (Lipinski definition) is 24. The lowest BCUT2D eigenvalue weighted by Gasteiger charge is -2.47. The molecule has 0 aliphatic heterocycles. The van der Waals surface area contributed by atoms with Gasteiger partial charge < -0.3 is 62.3 Å². The van der Waals surface area contributed by atoms with Gasteiger partial charge in [0.05, 0.1) is 33.5 Å². The SMILES string of the molecule is CCC(C)(C)C(=O)OC(C(=O)OC(C)C(F)(F)F)C(=O)OC(C(F)(F)F)C(F)(F)F.CCC(C)(C)C(=O)OC(C(=O)OC(C)C(F)(F)F)C(=O)OC(C(F)(F)F)C(F)(F)F.CCC(C)(C)C(=O)OC(C)(C)C1CCCCC1.CCC(C)(C)C(=O)OC(CC(=O)OC(C)C(F)(F)F)C(=O)OC(C(F)(F)F)C(F)(F)F.CCC(C)(C)C(=O)OC1CC(C(C)(O)C(F)(F)F)CC(C(O)(C(F)(F)F)C(F)(F)F)C1. The van der Waals surface area contributed by atoms with Gasteiger partial charge in [0.25, 0.3) is 36.1 Å². The number of rotatable bonds is 31. The van der Waals surface area contributed by atoms with E-state index in [1.165, 1.54) is 80.6 Å². The zero-order valence-electron chi connectivity index (χ0n) is 77.4. The first kappa shape index (κ1) is 135. The van der Waals surface area contributed by atoms with Crippen molar-refractivity contribution in [2.75, 3.05) is 0 Å². The van der Waals surface area contributed by atoms with Gasteiger partial charge in [-0.3, -0.25) is 28.8 Å². The molecular weight excluding hydrogens is 2020 g/mol. The molecule has 2 rings (SSSR count). The maximum atomic E-state index is 13.3. The summed E-state index contributed by atoms with van der Waals surface area (Å²) in [5, 5.41) is 19.6. The molecule has 24 nitrogen and oxygen atoms in total. The number of carbonyl (C=O) groups excluding carboxylic acids is 11. The number of hydrogen-bond donors (Lipinski definition) is 2. The fourth-order valence-corrected chi connectivity index (χ4v) is 10.3. The van der Waals surface area contributed by atoms with Gasteiger partial charge in [-0.15, -0.1) is 0 Å². The highest BCUT2D eigenvalue weighted by molar-refractivity contribution is 6.01. The Morgan fingerprint density at radius 3 is 0.820 bits per heavy atom. The number of ether oxygens (including phenoxy) is 11. The summed E-state index contributed by atoms with van der Waals surface area (Å²) in [7, 11) is 0. The van der Waals surface area contributed by atoms with Crippen LogP contribution in [-0.4, -0.2) is 228 Å². The maximum absolute atomic E-state index is 13.3. The van der Waals surface area contributed by atoms with Crippen LogP contribution in [0.3, 0.4) is 0 Å². The first-order valence-electron chi connectivity index (χ1n) is 40.8. The molecule has 10 unspecified atom stereocenters. The van der Waals surface area contributed by atoms with E-state index in [4.69, 9.17) is 9.47 Å². The molecule has 2 fully saturated rings. The first-order valence-corrected chi connectivity index (χ1v) is 40.8. The molecular formula is C79H106F36O24. The van der Waals surface area contributed by atoms with Gasteiger partial charge in [0.1, 0.15) is 11.7 Å². The van der Waals surface area contributed by atoms with Gasteiger partial charge in [-0.05, 0) is 181 Å². The maximum Gasteiger partial charge on any atom is 0.434 e. The van der Waals surface area contributed by atoms with Crippen molar-refractivity contribution in [2.45, 2.75) is 387 Å². The zero-order valence-corrected chi connectivity index (χ0v) is 77.4. The van der Waals surface area contributed by atoms with E-state index in [0.717, 1.165) is 34.1 Å². The monoisotopic (exact) mass is 2120 g/mol. The van der Waals surface area contributed by atoms with Gasteiger partial charge >= 0.3 is 140 Å². The number of halogens is 36. The second kappa shape index (κ2) is 49.2. The molecule has 0 heterocycles. The van der Waals surface area contributed by atoms with Crippen LogP contribution >= 0.6 is 0 Å². The molecule has 139 heavy (non-hydrogen) atoms. The third-order valence-electron chi connectivity index (χ3n) is 21.8. The van der Waals surface area contributed by atoms with Crippen LogP contribution in [0.5, 0.6) is 0 Å². The summed E-state index contributed by atoms with van der Waals surface area (Å²) in [6.45, 7) is 26.9. The summed E-state index contributed by atoms with van der Waals surface area (Å²) in [5.41, 5.74) is -15.3. The molecule has 0 aromatic carbocycles. The Bertz CT molecular complexity index is 3820. The zero-order chi connectivity index (χ0) is 112. The molecule has 10 atom stereocenters. The van der Waals surface area contributed by atoms with Gasteiger partial charge in [0.15, 0.2) is 23.9 Å². The van der Waals surface area contributed by atoms with Crippen LogP contribution in [-0.2, 0) is 105 Å². The van der Waals surface area contributed by atoms with E-state index < -0.39 is 265 Å². The lowest BCUT2D eigenvalue weighted by molar-refractivity contribution is -0.391. The molecule has 2 aliphatic rings. The quantitative estimate of drug-likeness (QED) is 0.0282. The second-order valence-corrected chi connectivity index (χ2v) is 35.3. The molecule has 0 spiro atoms. The third kappa shape index (κ3) is 41.8. The average molecular weight is 2120 g/mol. The normalized spacial score (nSPS) is 18.3. The number of carbonyl (C=O) groups is 11. The fraction of sp³-hybridized carbons (Fsp3) is 0.861. The van der Waals surface area contributed by atoms with E-state index in [1.807, 2.05) is 20.8 Å². The highest BCUT2D eigenvalue weighted by atomic mass is 19.5. The van der Waals surface area contributed by atoms with Crippen LogP contribution in [0.1, 0.15) is 235 Å². The predicted octanol–water partition coefficient (Wildman–Crippen LogP) is 21.2. The van der Waals surface area contributed by atoms with Crippen molar-refractivity contribution >= 4 is 65.7 Å². The number of aliphatic hydroxyl groups is 2. The summed E-state index contributed by atoms with van der Waals surface area (Å²) in [5.74, 6) is -24.4. The van der Waals surface area contributed by atoms with Crippen LogP contribution in [0.4, 0.5) is 158 Å². The summed E-state index contributed by atoms with van der Waals surface area (Å²) in [6, 6.07) is 0. The van der Waals surface area contributed by atoms with E-state index in [-0.39, 0.29) is 63.4 Å². The molecule has 0 amide bonds. The summed E-state index contributed by atoms with van der Waals surface area (Å²) >= 11 is 0. The van der Waals surface area contributed by atoms with Crippen molar-refractivity contribution in [3.8, 4) is 0 Å². The van der Waals surface area contributed by atoms with Crippen molar-refractivity contribution in [2.24, 2.45) is 44.8 Å². The Labute approximate surface area is 769 Å². The van der Waals surface area contributed by atoms with E-state index in [2.05, 4.69) is 56.5 Å². The highest BCUT2D eigenvalue weighted by Crippen LogP contribution is 2.56. The molecule has 0 aromatic heterocycles. The lowest BCUT2D eigenvalue weighted by Crippen LogP contribution is -2.64. The van der Waals surface area contributed by atoms with Gasteiger partial charge in [0, 0.05) is 11.8 Å². The molecule has 0 radical (unpaired) electrons. The van der Waals surface area contributed by atoms with Crippen LogP contribution in [0.25, 0.3) is 0 Å². The molecule has 2 N–H and O–H groups in total. The summed E-state index contributed by atoms with van der Waals surface area (Å²) < 4.78 is 503. The summed E-state index contributed by atoms with van der Waals surface area (Å²) in [6.07, 6.45) is -102. The van der Waals surface area contributed by atoms with Gasteiger partial charge in [-0.25, -0.2) is 24.0 Å². The minimum atomic E-state index is -6.28. The molecule has 2 saturated carbocycles. The van der Waals surface area contributed by atoms with Crippen LogP contribution in [0.15, 0.2) is 0 Å². The van der Waals surface area contributed by atoms with Gasteiger partial charge in [0.2, 0.25) is 6.10 Å². The smallest absolute Gasteiger partial charge is 0.434 e. The average Bonchev–Trinajstić information content (AvgIpc) is 0.730. The molecule has 0 saturated heterocycles. The first-order chi connectivity index (χ1) is 61.2. The molecule has 0 bridgehead atoms. The Morgan fingerprint density at radius 1 is 0.288 bits per heavy atom. The Kier molecular flexibility index (Phi) is 47.7. The predicted molar refractivity (Wildman–Crippen MR) is 397 cm³/mol. The van der Waals surface area contributed by atoms with E-state index in [9.17, 15) is 221 Å². The van der Waals surface area contributed by atoms with Crippen LogP contribution in [0.2, 0.25) is 0 Å². The standard InChI is InChI=1S/C18H25F9O4.C16H19F9O6.2C15H17F9O6.C15H28O2/c1-5-13(2,3)12(28)31-11-7-9(14(4,29)16(19,20)21)6-10(8-11)15(30,17(22,23)24)18(25,26)27;1-5-13(3,4)12(28)30-8(6-9(26)29-7(2)14(17,18)19)10(27)31-11(15(20,21)22)16(23,24)25;2*1-5-12(3,4)11(27)29-7(8(25)28-6(2)13(16,17)18)9(26)30-10(14(19,20)21)15(22,23)24;1-6-14(2,3)13(16)17-15(4,5)12-10-8-7-9-11-12/h9-11,29-30H,5-8H2,1-4H3;7-8,11H,5-6H2,1-4H3;2*6-7,10H,5H2,1-4H3;12H,6-11H2,1-5H3. The van der Waals surface area contributed by atoms with Crippen molar-refractivity contribution in [3.05, 3.63) is 0 Å². The molecule has 2 aliphatic carbocycles. The molecule has 818 valence electrons. The Balaban J connectivity index is -0.00000168. The van der Waals surface area contributed by atoms with Crippen LogP contribution < -0.4 is 0 Å². The number of alkyl halides is 36. The highest BCUT2D eigenvalue weighted by Gasteiger charge is 2.76. The Hall–Kier alpha value is -8.43. The topological polar surface area (TPSA) is 330 Å². The lowest BCUT2D eigenvalue weighted by atomic mass is 9.66. The van der Waals surface area contributed by atoms with E-state index in [0.29, 0.717) is 12.8 Å². The third-order valence-corrected chi connectivity index (χ3v) is 21.8. The minimum absolute atomic E-state index is 0.0247. The second-order valence-electron chi connectivity index (χ2n) is 35.3. The van der Waals surface area contributed by atoms with Gasteiger partial charge in [-0.2, -0.15) is 158 Å². The van der Waals surface area contributed by atoms with E-state index >= 15 is 0 Å². The van der Waals surface area contributed by atoms with Crippen molar-refractivity contribution in [1.29, 1.82) is 0 Å². The van der Waals surface area contributed by atoms with Crippen molar-refractivity contribution in [1.82, 2.24) is 0 Å². The number of esters is 11. The molecule has 60 heteroatoms. The van der Waals surface area contributed by atoms with Crippen molar-refractivity contribution in [3.63, 3.8) is 0 Å². The van der Waals surface area contributed by atoms with Gasteiger partial charge in [-0.1, -0.05) is 53.9 Å². The fourth-order valence-electron chi connectivity index (χ4n) is 10.3. The molecule has 0 aromatic rings.